The highest BCUT2D eigenvalue weighted by atomic mass is 79.9. The number of hydrogen-bond donors (Lipinski definition) is 0. The molecule has 0 aliphatic carbocycles. The summed E-state index contributed by atoms with van der Waals surface area (Å²) < 4.78 is 45.0. The normalized spacial score (nSPS) is 12.2. The van der Waals surface area contributed by atoms with Gasteiger partial charge in [-0.3, -0.25) is 9.69 Å². The van der Waals surface area contributed by atoms with Crippen LogP contribution in [0.3, 0.4) is 0 Å². The Hall–Kier alpha value is -1.54. The van der Waals surface area contributed by atoms with Crippen LogP contribution in [0, 0.1) is 13.8 Å². The summed E-state index contributed by atoms with van der Waals surface area (Å²) in [7, 11) is 1.75. The Kier molecular flexibility index (Phi) is 5.59. The summed E-state index contributed by atoms with van der Waals surface area (Å²) in [5, 5.41) is 0. The van der Waals surface area contributed by atoms with Gasteiger partial charge in [0.2, 0.25) is 0 Å². The number of alkyl halides is 3. The summed E-state index contributed by atoms with van der Waals surface area (Å²) in [6.45, 7) is 2.54. The van der Waals surface area contributed by atoms with Crippen LogP contribution in [0.15, 0.2) is 27.3 Å². The van der Waals surface area contributed by atoms with Crippen molar-refractivity contribution in [2.45, 2.75) is 33.1 Å². The first-order chi connectivity index (χ1) is 11.1. The molecule has 0 spiro atoms. The number of nitrogens with zero attached hydrogens (tertiary/aromatic N) is 2. The van der Waals surface area contributed by atoms with E-state index in [2.05, 4.69) is 15.9 Å². The molecule has 4 nitrogen and oxygen atoms in total. The molecule has 2 rings (SSSR count). The molecule has 0 aliphatic rings. The first-order valence-electron chi connectivity index (χ1n) is 7.26. The van der Waals surface area contributed by atoms with Crippen LogP contribution >= 0.6 is 15.9 Å². The van der Waals surface area contributed by atoms with Gasteiger partial charge in [-0.2, -0.15) is 13.2 Å². The Bertz CT molecular complexity index is 734. The quantitative estimate of drug-likeness (QED) is 0.669. The number of ketones is 1. The van der Waals surface area contributed by atoms with Crippen molar-refractivity contribution in [1.82, 2.24) is 9.47 Å². The summed E-state index contributed by atoms with van der Waals surface area (Å²) in [6, 6.07) is 5.07. The number of carbonyl (C=O) groups excluding carboxylic acids is 1. The van der Waals surface area contributed by atoms with Crippen molar-refractivity contribution in [1.29, 1.82) is 0 Å². The van der Waals surface area contributed by atoms with Crippen molar-refractivity contribution in [3.05, 3.63) is 45.6 Å². The van der Waals surface area contributed by atoms with Gasteiger partial charge in [0.05, 0.1) is 13.1 Å². The van der Waals surface area contributed by atoms with Gasteiger partial charge in [-0.25, -0.2) is 0 Å². The number of aromatic nitrogens is 1. The third-order valence-corrected chi connectivity index (χ3v) is 4.11. The van der Waals surface area contributed by atoms with Crippen molar-refractivity contribution in [3.8, 4) is 0 Å². The van der Waals surface area contributed by atoms with E-state index in [1.165, 1.54) is 13.0 Å². The fourth-order valence-electron chi connectivity index (χ4n) is 2.59. The number of aryl methyl sites for hydroxylation is 1. The fraction of sp³-hybridized carbons (Fsp3) is 0.438. The van der Waals surface area contributed by atoms with E-state index in [0.29, 0.717) is 33.9 Å². The van der Waals surface area contributed by atoms with E-state index in [1.807, 2.05) is 0 Å². The largest absolute Gasteiger partial charge is 0.453 e. The highest BCUT2D eigenvalue weighted by Crippen LogP contribution is 2.23. The van der Waals surface area contributed by atoms with E-state index in [4.69, 9.17) is 4.42 Å². The number of furan rings is 1. The molecule has 2 aromatic rings. The molecule has 2 aromatic heterocycles. The van der Waals surface area contributed by atoms with Crippen molar-refractivity contribution >= 4 is 21.7 Å². The van der Waals surface area contributed by atoms with Crippen LogP contribution in [0.1, 0.15) is 27.5 Å². The molecule has 132 valence electrons. The molecule has 0 saturated carbocycles. The van der Waals surface area contributed by atoms with E-state index in [9.17, 15) is 18.0 Å². The molecule has 24 heavy (non-hydrogen) atoms. The summed E-state index contributed by atoms with van der Waals surface area (Å²) >= 11 is 3.21. The molecular formula is C16H18BrF3N2O2. The predicted molar refractivity (Wildman–Crippen MR) is 87.0 cm³/mol. The lowest BCUT2D eigenvalue weighted by Crippen LogP contribution is -2.26. The average molecular weight is 407 g/mol. The Balaban J connectivity index is 2.08. The van der Waals surface area contributed by atoms with Crippen LogP contribution in [0.2, 0.25) is 0 Å². The van der Waals surface area contributed by atoms with Crippen LogP contribution < -0.4 is 0 Å². The lowest BCUT2D eigenvalue weighted by atomic mass is 10.1. The van der Waals surface area contributed by atoms with Gasteiger partial charge in [0.25, 0.3) is 0 Å². The zero-order chi connectivity index (χ0) is 18.1. The molecule has 0 aromatic carbocycles. The molecular weight excluding hydrogens is 389 g/mol. The minimum absolute atomic E-state index is 0.0919. The van der Waals surface area contributed by atoms with Gasteiger partial charge in [-0.05, 0) is 55.0 Å². The zero-order valence-electron chi connectivity index (χ0n) is 13.6. The second kappa shape index (κ2) is 7.14. The average Bonchev–Trinajstić information content (AvgIpc) is 2.95. The van der Waals surface area contributed by atoms with E-state index >= 15 is 0 Å². The second-order valence-corrected chi connectivity index (χ2v) is 6.57. The summed E-state index contributed by atoms with van der Waals surface area (Å²) in [6.07, 6.45) is -4.32. The van der Waals surface area contributed by atoms with Gasteiger partial charge in [0, 0.05) is 17.0 Å². The summed E-state index contributed by atoms with van der Waals surface area (Å²) in [5.41, 5.74) is 1.08. The zero-order valence-corrected chi connectivity index (χ0v) is 15.2. The molecule has 0 aliphatic heterocycles. The van der Waals surface area contributed by atoms with Gasteiger partial charge >= 0.3 is 6.18 Å². The number of Topliss-reactive ketones (excluding diaryl/α,β-unsaturated/α-hetero) is 1. The standard InChI is InChI=1S/C16H18BrF3N2O2/c1-10-6-13(11(2)22(10)9-16(18,19)20)14(23)8-21(3)7-12-4-5-15(17)24-12/h4-6H,7-9H2,1-3H3. The SMILES string of the molecule is Cc1cc(C(=O)CN(C)Cc2ccc(Br)o2)c(C)n1CC(F)(F)F. The molecule has 0 bridgehead atoms. The number of hydrogen-bond acceptors (Lipinski definition) is 3. The molecule has 0 N–H and O–H groups in total. The number of rotatable bonds is 6. The molecule has 0 unspecified atom stereocenters. The lowest BCUT2D eigenvalue weighted by molar-refractivity contribution is -0.141. The monoisotopic (exact) mass is 406 g/mol. The Morgan fingerprint density at radius 2 is 2.00 bits per heavy atom. The highest BCUT2D eigenvalue weighted by molar-refractivity contribution is 9.10. The van der Waals surface area contributed by atoms with Crippen molar-refractivity contribution in [3.63, 3.8) is 0 Å². The summed E-state index contributed by atoms with van der Waals surface area (Å²) in [4.78, 5) is 14.2. The highest BCUT2D eigenvalue weighted by Gasteiger charge is 2.30. The van der Waals surface area contributed by atoms with E-state index in [0.717, 1.165) is 4.57 Å². The third-order valence-electron chi connectivity index (χ3n) is 3.68. The van der Waals surface area contributed by atoms with Crippen LogP contribution in [0.4, 0.5) is 13.2 Å². The summed E-state index contributed by atoms with van der Waals surface area (Å²) in [5.74, 6) is 0.476. The molecule has 0 radical (unpaired) electrons. The number of likely N-dealkylation sites (N-methyl/N-ethyl adjacent to an activating group) is 1. The fourth-order valence-corrected chi connectivity index (χ4v) is 2.94. The van der Waals surface area contributed by atoms with Gasteiger partial charge in [0.15, 0.2) is 10.5 Å². The topological polar surface area (TPSA) is 38.4 Å². The molecule has 8 heteroatoms. The maximum Gasteiger partial charge on any atom is 0.406 e. The first-order valence-corrected chi connectivity index (χ1v) is 8.05. The molecule has 0 amide bonds. The van der Waals surface area contributed by atoms with Crippen LogP contribution in [-0.4, -0.2) is 35.0 Å². The Morgan fingerprint density at radius 3 is 2.54 bits per heavy atom. The van der Waals surface area contributed by atoms with Crippen molar-refractivity contribution in [2.75, 3.05) is 13.6 Å². The van der Waals surface area contributed by atoms with E-state index < -0.39 is 12.7 Å². The second-order valence-electron chi connectivity index (χ2n) is 5.79. The van der Waals surface area contributed by atoms with Gasteiger partial charge in [-0.1, -0.05) is 0 Å². The first kappa shape index (κ1) is 18.8. The van der Waals surface area contributed by atoms with Gasteiger partial charge < -0.3 is 8.98 Å². The lowest BCUT2D eigenvalue weighted by Gasteiger charge is -2.15. The number of carbonyl (C=O) groups is 1. The van der Waals surface area contributed by atoms with Crippen molar-refractivity contribution < 1.29 is 22.4 Å². The predicted octanol–water partition coefficient (Wildman–Crippen LogP) is 4.34. The van der Waals surface area contributed by atoms with E-state index in [1.54, 1.807) is 31.0 Å². The van der Waals surface area contributed by atoms with Crippen LogP contribution in [0.5, 0.6) is 0 Å². The maximum absolute atomic E-state index is 12.6. The van der Waals surface area contributed by atoms with E-state index in [-0.39, 0.29) is 12.3 Å². The molecule has 0 atom stereocenters. The van der Waals surface area contributed by atoms with Crippen molar-refractivity contribution in [2.24, 2.45) is 0 Å². The minimum atomic E-state index is -4.32. The molecule has 0 saturated heterocycles. The molecule has 2 heterocycles. The van der Waals surface area contributed by atoms with Crippen LogP contribution in [-0.2, 0) is 13.1 Å². The Morgan fingerprint density at radius 1 is 1.33 bits per heavy atom. The minimum Gasteiger partial charge on any atom is -0.453 e. The maximum atomic E-state index is 12.6. The third kappa shape index (κ3) is 4.73. The molecule has 0 fully saturated rings. The smallest absolute Gasteiger partial charge is 0.406 e. The Labute approximate surface area is 146 Å². The number of halogens is 4. The van der Waals surface area contributed by atoms with Crippen LogP contribution in [0.25, 0.3) is 0 Å². The van der Waals surface area contributed by atoms with Gasteiger partial charge in [0.1, 0.15) is 12.3 Å². The van der Waals surface area contributed by atoms with Gasteiger partial charge in [-0.15, -0.1) is 0 Å².